The first kappa shape index (κ1) is 27.6. The minimum absolute atomic E-state index is 0. The molecule has 2 atom stereocenters. The fourth-order valence-electron chi connectivity index (χ4n) is 5.12. The second-order valence-electron chi connectivity index (χ2n) is 9.77. The number of likely N-dealkylation sites (tertiary alicyclic amines) is 1. The van der Waals surface area contributed by atoms with E-state index in [1.54, 1.807) is 6.07 Å². The van der Waals surface area contributed by atoms with E-state index in [1.807, 2.05) is 4.90 Å². The molecule has 2 aromatic heterocycles. The Hall–Kier alpha value is -2.43. The Labute approximate surface area is 224 Å². The van der Waals surface area contributed by atoms with Gasteiger partial charge in [0.25, 0.3) is 0 Å². The monoisotopic (exact) mass is 553 g/mol. The number of thiophene rings is 1. The number of carbonyl (C=O) groups is 1. The molecule has 2 fully saturated rings. The number of hydrogen-bond acceptors (Lipinski definition) is 6. The fourth-order valence-corrected chi connectivity index (χ4v) is 6.15. The van der Waals surface area contributed by atoms with E-state index < -0.39 is 12.6 Å². The van der Waals surface area contributed by atoms with Crippen LogP contribution in [-0.2, 0) is 24.3 Å². The van der Waals surface area contributed by atoms with E-state index in [-0.39, 0.29) is 29.2 Å². The molecular formula is C26H31ClF3N5OS. The number of alkyl halides is 3. The molecule has 2 N–H and O–H groups in total. The van der Waals surface area contributed by atoms with Gasteiger partial charge in [0.2, 0.25) is 5.91 Å². The van der Waals surface area contributed by atoms with Gasteiger partial charge in [-0.3, -0.25) is 4.79 Å². The van der Waals surface area contributed by atoms with E-state index in [1.165, 1.54) is 11.9 Å². The van der Waals surface area contributed by atoms with Gasteiger partial charge in [0.1, 0.15) is 17.0 Å². The number of hydrogen-bond donors (Lipinski definition) is 2. The molecule has 2 aliphatic rings. The van der Waals surface area contributed by atoms with E-state index in [0.29, 0.717) is 35.0 Å². The highest BCUT2D eigenvalue weighted by Gasteiger charge is 2.29. The second-order valence-corrected chi connectivity index (χ2v) is 10.9. The predicted molar refractivity (Wildman–Crippen MR) is 142 cm³/mol. The van der Waals surface area contributed by atoms with Crippen LogP contribution in [0.5, 0.6) is 0 Å². The van der Waals surface area contributed by atoms with Crippen molar-refractivity contribution in [1.82, 2.24) is 20.2 Å². The van der Waals surface area contributed by atoms with Crippen molar-refractivity contribution >= 4 is 45.7 Å². The van der Waals surface area contributed by atoms with Gasteiger partial charge in [-0.1, -0.05) is 24.3 Å². The Kier molecular flexibility index (Phi) is 8.92. The maximum absolute atomic E-state index is 12.8. The number of amides is 1. The maximum atomic E-state index is 12.8. The summed E-state index contributed by atoms with van der Waals surface area (Å²) in [7, 11) is 0. The average molecular weight is 554 g/mol. The van der Waals surface area contributed by atoms with Crippen LogP contribution in [0.25, 0.3) is 10.2 Å². The third kappa shape index (κ3) is 7.33. The minimum atomic E-state index is -4.24. The summed E-state index contributed by atoms with van der Waals surface area (Å²) in [6.07, 6.45) is 1.90. The summed E-state index contributed by atoms with van der Waals surface area (Å²) in [4.78, 5) is 23.1. The average Bonchev–Trinajstić information content (AvgIpc) is 3.43. The molecule has 5 rings (SSSR count). The van der Waals surface area contributed by atoms with Crippen molar-refractivity contribution in [3.8, 4) is 0 Å². The molecule has 6 nitrogen and oxygen atoms in total. The van der Waals surface area contributed by atoms with Crippen LogP contribution in [0.3, 0.4) is 0 Å². The summed E-state index contributed by atoms with van der Waals surface area (Å²) in [6, 6.07) is 10.5. The summed E-state index contributed by atoms with van der Waals surface area (Å²) in [5.74, 6) is 0.854. The van der Waals surface area contributed by atoms with Crippen molar-refractivity contribution in [1.29, 1.82) is 0 Å². The van der Waals surface area contributed by atoms with Crippen molar-refractivity contribution in [3.63, 3.8) is 0 Å². The molecule has 0 bridgehead atoms. The first-order valence-electron chi connectivity index (χ1n) is 12.5. The first-order chi connectivity index (χ1) is 17.3. The van der Waals surface area contributed by atoms with Crippen LogP contribution in [0, 0.1) is 0 Å². The van der Waals surface area contributed by atoms with E-state index in [4.69, 9.17) is 0 Å². The van der Waals surface area contributed by atoms with Gasteiger partial charge in [-0.15, -0.1) is 23.7 Å². The maximum Gasteiger partial charge on any atom is 0.393 e. The number of nitrogens with one attached hydrogen (secondary N) is 2. The Morgan fingerprint density at radius 1 is 1.05 bits per heavy atom. The number of aromatic nitrogens is 2. The van der Waals surface area contributed by atoms with E-state index in [0.717, 1.165) is 62.1 Å². The van der Waals surface area contributed by atoms with Crippen molar-refractivity contribution in [2.45, 2.75) is 76.3 Å². The van der Waals surface area contributed by atoms with Crippen LogP contribution in [-0.4, -0.2) is 45.6 Å². The van der Waals surface area contributed by atoms with Crippen LogP contribution in [0.4, 0.5) is 19.0 Å². The molecule has 1 amide bonds. The van der Waals surface area contributed by atoms with Gasteiger partial charge in [0.05, 0.1) is 11.8 Å². The quantitative estimate of drug-likeness (QED) is 0.366. The van der Waals surface area contributed by atoms with E-state index >= 15 is 0 Å². The van der Waals surface area contributed by atoms with E-state index in [2.05, 4.69) is 44.9 Å². The number of carbonyl (C=O) groups excluding carboxylic acids is 1. The molecule has 3 aromatic rings. The highest BCUT2D eigenvalue weighted by Crippen LogP contribution is 2.33. The Morgan fingerprint density at radius 3 is 2.54 bits per heavy atom. The summed E-state index contributed by atoms with van der Waals surface area (Å²) in [5.41, 5.74) is 2.36. The zero-order chi connectivity index (χ0) is 25.1. The van der Waals surface area contributed by atoms with Crippen molar-refractivity contribution in [3.05, 3.63) is 52.7 Å². The molecule has 11 heteroatoms. The summed E-state index contributed by atoms with van der Waals surface area (Å²) in [6.45, 7) is 2.30. The number of fused-ring (bicyclic) bond motifs is 1. The normalized spacial score (nSPS) is 20.3. The smallest absolute Gasteiger partial charge is 0.367 e. The van der Waals surface area contributed by atoms with Gasteiger partial charge < -0.3 is 15.5 Å². The van der Waals surface area contributed by atoms with Gasteiger partial charge in [-0.05, 0) is 49.3 Å². The third-order valence-electron chi connectivity index (χ3n) is 6.93. The van der Waals surface area contributed by atoms with Crippen LogP contribution in [0.2, 0.25) is 0 Å². The number of benzene rings is 1. The lowest BCUT2D eigenvalue weighted by atomic mass is 9.90. The number of halogens is 4. The molecule has 37 heavy (non-hydrogen) atoms. The van der Waals surface area contributed by atoms with Gasteiger partial charge in [0, 0.05) is 43.0 Å². The van der Waals surface area contributed by atoms with Crippen molar-refractivity contribution in [2.24, 2.45) is 0 Å². The molecule has 0 radical (unpaired) electrons. The van der Waals surface area contributed by atoms with Crippen molar-refractivity contribution in [2.75, 3.05) is 11.9 Å². The highest BCUT2D eigenvalue weighted by molar-refractivity contribution is 7.18. The Bertz CT molecular complexity index is 1200. The molecule has 200 valence electrons. The number of anilines is 1. The van der Waals surface area contributed by atoms with Crippen LogP contribution in [0.15, 0.2) is 36.7 Å². The van der Waals surface area contributed by atoms with Crippen LogP contribution >= 0.6 is 23.7 Å². The van der Waals surface area contributed by atoms with Gasteiger partial charge in [-0.25, -0.2) is 9.97 Å². The molecule has 1 aliphatic heterocycles. The number of nitrogens with zero attached hydrogens (tertiary/aromatic N) is 3. The first-order valence-corrected chi connectivity index (χ1v) is 13.3. The Morgan fingerprint density at radius 2 is 1.81 bits per heavy atom. The molecule has 1 saturated carbocycles. The molecule has 1 aromatic carbocycles. The lowest BCUT2D eigenvalue weighted by Crippen LogP contribution is -2.38. The molecule has 0 unspecified atom stereocenters. The number of rotatable bonds is 8. The van der Waals surface area contributed by atoms with Gasteiger partial charge in [-0.2, -0.15) is 13.2 Å². The summed E-state index contributed by atoms with van der Waals surface area (Å²) in [5, 5.41) is 7.80. The lowest BCUT2D eigenvalue weighted by molar-refractivity contribution is -0.128. The summed E-state index contributed by atoms with van der Waals surface area (Å²) < 4.78 is 38.5. The SMILES string of the molecule is Cl.O=C1CCCN1Cc1ccc(CN[C@H]2CCC[C@@H](Nc3ncnc4sc(CC(F)(F)F)cc34)C2)cc1. The fraction of sp³-hybridized carbons (Fsp3) is 0.500. The largest absolute Gasteiger partial charge is 0.393 e. The Balaban J connectivity index is 0.00000320. The predicted octanol–water partition coefficient (Wildman–Crippen LogP) is 5.85. The zero-order valence-corrected chi connectivity index (χ0v) is 22.0. The van der Waals surface area contributed by atoms with Gasteiger partial charge >= 0.3 is 6.18 Å². The van der Waals surface area contributed by atoms with Gasteiger partial charge in [0.15, 0.2) is 0 Å². The lowest BCUT2D eigenvalue weighted by Gasteiger charge is -2.31. The van der Waals surface area contributed by atoms with E-state index in [9.17, 15) is 18.0 Å². The molecule has 3 heterocycles. The molecular weight excluding hydrogens is 523 g/mol. The van der Waals surface area contributed by atoms with Crippen LogP contribution in [0.1, 0.15) is 54.5 Å². The minimum Gasteiger partial charge on any atom is -0.367 e. The van der Waals surface area contributed by atoms with Crippen LogP contribution < -0.4 is 10.6 Å². The molecule has 1 saturated heterocycles. The van der Waals surface area contributed by atoms with Crippen molar-refractivity contribution < 1.29 is 18.0 Å². The second kappa shape index (κ2) is 12.0. The topological polar surface area (TPSA) is 70.2 Å². The molecule has 1 aliphatic carbocycles. The summed E-state index contributed by atoms with van der Waals surface area (Å²) >= 11 is 1.07. The third-order valence-corrected chi connectivity index (χ3v) is 7.98. The molecule has 0 spiro atoms. The zero-order valence-electron chi connectivity index (χ0n) is 20.4. The highest BCUT2D eigenvalue weighted by atomic mass is 35.5. The standard InChI is InChI=1S/C26H30F3N5OS.ClH/c27-26(28,29)13-21-12-22-24(31-16-32-25(22)36-21)33-20-4-1-3-19(11-20)30-14-17-6-8-18(9-7-17)15-34-10-2-5-23(34)35;/h6-9,12,16,19-20,30H,1-5,10-11,13-15H2,(H,31,32,33);1H/t19-,20+;/m0./s1.